The molecule has 2 aromatic rings. The third kappa shape index (κ3) is 4.02. The highest BCUT2D eigenvalue weighted by molar-refractivity contribution is 5.88. The van der Waals surface area contributed by atoms with Gasteiger partial charge in [0.05, 0.1) is 12.0 Å². The van der Waals surface area contributed by atoms with Gasteiger partial charge in [0.1, 0.15) is 0 Å². The fourth-order valence-corrected chi connectivity index (χ4v) is 3.27. The molecule has 1 amide bonds. The maximum Gasteiger partial charge on any atom is 0.335 e. The van der Waals surface area contributed by atoms with Crippen molar-refractivity contribution in [2.75, 3.05) is 13.1 Å². The molecule has 0 saturated carbocycles. The second-order valence-corrected chi connectivity index (χ2v) is 6.37. The summed E-state index contributed by atoms with van der Waals surface area (Å²) in [7, 11) is 0. The van der Waals surface area contributed by atoms with Gasteiger partial charge in [-0.2, -0.15) is 0 Å². The molecule has 1 heterocycles. The molecule has 0 bridgehead atoms. The van der Waals surface area contributed by atoms with Crippen molar-refractivity contribution in [3.8, 4) is 0 Å². The first-order valence-electron chi connectivity index (χ1n) is 8.26. The number of carboxylic acid groups (broad SMARTS) is 1. The highest BCUT2D eigenvalue weighted by Crippen LogP contribution is 2.21. The third-order valence-corrected chi connectivity index (χ3v) is 4.54. The second kappa shape index (κ2) is 7.30. The van der Waals surface area contributed by atoms with Crippen LogP contribution in [0.15, 0.2) is 54.6 Å². The Morgan fingerprint density at radius 2 is 1.79 bits per heavy atom. The minimum Gasteiger partial charge on any atom is -0.478 e. The molecule has 1 saturated heterocycles. The van der Waals surface area contributed by atoms with E-state index < -0.39 is 5.97 Å². The first-order chi connectivity index (χ1) is 11.6. The van der Waals surface area contributed by atoms with Gasteiger partial charge in [-0.15, -0.1) is 0 Å². The van der Waals surface area contributed by atoms with Gasteiger partial charge in [-0.1, -0.05) is 42.5 Å². The molecule has 1 fully saturated rings. The topological polar surface area (TPSA) is 57.6 Å². The lowest BCUT2D eigenvalue weighted by Crippen LogP contribution is -2.30. The Morgan fingerprint density at radius 3 is 2.54 bits per heavy atom. The average molecular weight is 323 g/mol. The Morgan fingerprint density at radius 1 is 1.04 bits per heavy atom. The number of hydrogen-bond acceptors (Lipinski definition) is 2. The molecule has 0 aromatic heterocycles. The number of rotatable bonds is 5. The largest absolute Gasteiger partial charge is 0.478 e. The normalized spacial score (nSPS) is 17.0. The maximum absolute atomic E-state index is 12.5. The van der Waals surface area contributed by atoms with Gasteiger partial charge in [-0.3, -0.25) is 4.79 Å². The van der Waals surface area contributed by atoms with Gasteiger partial charge in [0.2, 0.25) is 5.91 Å². The molecule has 3 rings (SSSR count). The van der Waals surface area contributed by atoms with Crippen LogP contribution in [0.1, 0.15) is 27.9 Å². The summed E-state index contributed by atoms with van der Waals surface area (Å²) >= 11 is 0. The van der Waals surface area contributed by atoms with E-state index in [0.717, 1.165) is 31.5 Å². The molecule has 24 heavy (non-hydrogen) atoms. The summed E-state index contributed by atoms with van der Waals surface area (Å²) in [6.45, 7) is 1.57. The quantitative estimate of drug-likeness (QED) is 0.920. The van der Waals surface area contributed by atoms with Crippen molar-refractivity contribution in [3.05, 3.63) is 71.3 Å². The van der Waals surface area contributed by atoms with Crippen LogP contribution < -0.4 is 0 Å². The molecular formula is C20H21NO3. The van der Waals surface area contributed by atoms with E-state index in [-0.39, 0.29) is 17.9 Å². The Hall–Kier alpha value is -2.62. The molecule has 1 atom stereocenters. The number of carbonyl (C=O) groups is 2. The molecular weight excluding hydrogens is 302 g/mol. The van der Waals surface area contributed by atoms with E-state index in [1.54, 1.807) is 18.2 Å². The monoisotopic (exact) mass is 323 g/mol. The zero-order chi connectivity index (χ0) is 16.9. The molecule has 0 radical (unpaired) electrons. The molecule has 4 heteroatoms. The summed E-state index contributed by atoms with van der Waals surface area (Å²) in [6.07, 6.45) is 2.29. The van der Waals surface area contributed by atoms with Crippen LogP contribution in [0.2, 0.25) is 0 Å². The van der Waals surface area contributed by atoms with E-state index in [0.29, 0.717) is 5.92 Å². The van der Waals surface area contributed by atoms with Crippen LogP contribution in [0.4, 0.5) is 0 Å². The number of hydrogen-bond donors (Lipinski definition) is 1. The SMILES string of the molecule is O=C(O)c1cccc(CC(=O)N2CCC(Cc3ccccc3)C2)c1. The number of benzene rings is 2. The number of likely N-dealkylation sites (tertiary alicyclic amines) is 1. The minimum atomic E-state index is -0.964. The number of carbonyl (C=O) groups excluding carboxylic acids is 1. The van der Waals surface area contributed by atoms with Gasteiger partial charge in [-0.05, 0) is 42.0 Å². The van der Waals surface area contributed by atoms with Crippen molar-refractivity contribution in [3.63, 3.8) is 0 Å². The lowest BCUT2D eigenvalue weighted by atomic mass is 9.99. The van der Waals surface area contributed by atoms with Crippen LogP contribution in [0.5, 0.6) is 0 Å². The number of nitrogens with zero attached hydrogens (tertiary/aromatic N) is 1. The molecule has 1 aliphatic rings. The zero-order valence-electron chi connectivity index (χ0n) is 13.5. The van der Waals surface area contributed by atoms with Crippen molar-refractivity contribution in [2.24, 2.45) is 5.92 Å². The summed E-state index contributed by atoms with van der Waals surface area (Å²) in [5.74, 6) is -0.386. The van der Waals surface area contributed by atoms with Gasteiger partial charge in [0.15, 0.2) is 0 Å². The number of amides is 1. The van der Waals surface area contributed by atoms with E-state index in [4.69, 9.17) is 5.11 Å². The average Bonchev–Trinajstić information content (AvgIpc) is 3.04. The third-order valence-electron chi connectivity index (χ3n) is 4.54. The molecule has 0 aliphatic carbocycles. The van der Waals surface area contributed by atoms with Gasteiger partial charge in [0.25, 0.3) is 0 Å². The van der Waals surface area contributed by atoms with Crippen molar-refractivity contribution in [2.45, 2.75) is 19.3 Å². The highest BCUT2D eigenvalue weighted by Gasteiger charge is 2.26. The summed E-state index contributed by atoms with van der Waals surface area (Å²) in [4.78, 5) is 25.4. The van der Waals surface area contributed by atoms with Crippen LogP contribution in [-0.4, -0.2) is 35.0 Å². The maximum atomic E-state index is 12.5. The fraction of sp³-hybridized carbons (Fsp3) is 0.300. The Kier molecular flexibility index (Phi) is 4.94. The lowest BCUT2D eigenvalue weighted by molar-refractivity contribution is -0.129. The molecule has 1 aliphatic heterocycles. The van der Waals surface area contributed by atoms with Crippen molar-refractivity contribution < 1.29 is 14.7 Å². The van der Waals surface area contributed by atoms with Crippen molar-refractivity contribution in [1.29, 1.82) is 0 Å². The summed E-state index contributed by atoms with van der Waals surface area (Å²) in [6, 6.07) is 17.0. The minimum absolute atomic E-state index is 0.0769. The van der Waals surface area contributed by atoms with Crippen LogP contribution in [0, 0.1) is 5.92 Å². The molecule has 124 valence electrons. The molecule has 0 spiro atoms. The number of carboxylic acids is 1. The van der Waals surface area contributed by atoms with Gasteiger partial charge in [0, 0.05) is 13.1 Å². The molecule has 4 nitrogen and oxygen atoms in total. The van der Waals surface area contributed by atoms with Crippen LogP contribution in [0.3, 0.4) is 0 Å². The molecule has 2 aromatic carbocycles. The van der Waals surface area contributed by atoms with Gasteiger partial charge in [-0.25, -0.2) is 4.79 Å². The Labute approximate surface area is 141 Å². The second-order valence-electron chi connectivity index (χ2n) is 6.37. The van der Waals surface area contributed by atoms with E-state index in [1.807, 2.05) is 29.2 Å². The summed E-state index contributed by atoms with van der Waals surface area (Å²) in [5, 5.41) is 9.03. The van der Waals surface area contributed by atoms with Crippen molar-refractivity contribution >= 4 is 11.9 Å². The predicted molar refractivity (Wildman–Crippen MR) is 91.9 cm³/mol. The smallest absolute Gasteiger partial charge is 0.335 e. The summed E-state index contributed by atoms with van der Waals surface area (Å²) in [5.41, 5.74) is 2.29. The Balaban J connectivity index is 1.56. The first kappa shape index (κ1) is 16.2. The van der Waals surface area contributed by atoms with E-state index >= 15 is 0 Å². The number of aromatic carboxylic acids is 1. The van der Waals surface area contributed by atoms with E-state index in [2.05, 4.69) is 12.1 Å². The van der Waals surface area contributed by atoms with Crippen LogP contribution >= 0.6 is 0 Å². The predicted octanol–water partition coefficient (Wildman–Crippen LogP) is 3.02. The first-order valence-corrected chi connectivity index (χ1v) is 8.26. The standard InChI is InChI=1S/C20H21NO3/c22-19(13-16-7-4-8-18(12-16)20(23)24)21-10-9-17(14-21)11-15-5-2-1-3-6-15/h1-8,12,17H,9-11,13-14H2,(H,23,24). The zero-order valence-corrected chi connectivity index (χ0v) is 13.5. The van der Waals surface area contributed by atoms with Crippen molar-refractivity contribution in [1.82, 2.24) is 4.90 Å². The molecule has 1 unspecified atom stereocenters. The highest BCUT2D eigenvalue weighted by atomic mass is 16.4. The van der Waals surface area contributed by atoms with E-state index in [9.17, 15) is 9.59 Å². The van der Waals surface area contributed by atoms with Crippen LogP contribution in [0.25, 0.3) is 0 Å². The van der Waals surface area contributed by atoms with Crippen LogP contribution in [-0.2, 0) is 17.6 Å². The molecule has 1 N–H and O–H groups in total. The van der Waals surface area contributed by atoms with Gasteiger partial charge >= 0.3 is 5.97 Å². The Bertz CT molecular complexity index is 727. The van der Waals surface area contributed by atoms with Gasteiger partial charge < -0.3 is 10.0 Å². The van der Waals surface area contributed by atoms with E-state index in [1.165, 1.54) is 5.56 Å². The fourth-order valence-electron chi connectivity index (χ4n) is 3.27. The lowest BCUT2D eigenvalue weighted by Gasteiger charge is -2.17. The summed E-state index contributed by atoms with van der Waals surface area (Å²) < 4.78 is 0.